The van der Waals surface area contributed by atoms with Crippen molar-refractivity contribution in [3.63, 3.8) is 0 Å². The van der Waals surface area contributed by atoms with Gasteiger partial charge in [0.25, 0.3) is 0 Å². The van der Waals surface area contributed by atoms with Gasteiger partial charge in [-0.3, -0.25) is 4.79 Å². The van der Waals surface area contributed by atoms with E-state index in [1.807, 2.05) is 24.3 Å². The Hall–Kier alpha value is -2.18. The summed E-state index contributed by atoms with van der Waals surface area (Å²) in [6.07, 6.45) is 0. The van der Waals surface area contributed by atoms with Gasteiger partial charge < -0.3 is 20.7 Å². The number of methoxy groups -OCH3 is 1. The number of carboxylic acid groups (broad SMARTS) is 1. The number of ether oxygens (including phenoxy) is 1. The van der Waals surface area contributed by atoms with Crippen LogP contribution in [-0.2, 0) is 10.5 Å². The van der Waals surface area contributed by atoms with Crippen molar-refractivity contribution in [1.82, 2.24) is 0 Å². The number of hydrogen-bond acceptors (Lipinski definition) is 5. The molecule has 0 fully saturated rings. The summed E-state index contributed by atoms with van der Waals surface area (Å²) < 4.78 is 5.12. The summed E-state index contributed by atoms with van der Waals surface area (Å²) in [5.74, 6) is 0.481. The summed E-state index contributed by atoms with van der Waals surface area (Å²) in [7, 11) is 1.61. The molecule has 0 saturated heterocycles. The first-order valence-corrected chi connectivity index (χ1v) is 8.08. The van der Waals surface area contributed by atoms with E-state index in [2.05, 4.69) is 0 Å². The Morgan fingerprint density at radius 2 is 1.78 bits per heavy atom. The van der Waals surface area contributed by atoms with E-state index in [1.54, 1.807) is 19.2 Å². The zero-order chi connectivity index (χ0) is 16.8. The second-order valence-corrected chi connectivity index (χ2v) is 6.17. The molecule has 0 aliphatic heterocycles. The number of nitrogens with two attached hydrogens (primary N) is 1. The van der Waals surface area contributed by atoms with E-state index in [1.165, 1.54) is 23.9 Å². The minimum atomic E-state index is -1.05. The first kappa shape index (κ1) is 17.2. The maximum absolute atomic E-state index is 11.3. The lowest BCUT2D eigenvalue weighted by molar-refractivity contribution is -0.138. The average Bonchev–Trinajstić information content (AvgIpc) is 2.56. The van der Waals surface area contributed by atoms with Gasteiger partial charge in [0.15, 0.2) is 0 Å². The fourth-order valence-electron chi connectivity index (χ4n) is 2.11. The van der Waals surface area contributed by atoms with E-state index in [0.29, 0.717) is 5.75 Å². The first-order valence-electron chi connectivity index (χ1n) is 7.03. The smallest absolute Gasteiger partial charge is 0.321 e. The molecule has 0 heterocycles. The number of hydrogen-bond donors (Lipinski definition) is 3. The fraction of sp³-hybridized carbons (Fsp3) is 0.235. The van der Waals surface area contributed by atoms with E-state index < -0.39 is 17.3 Å². The molecule has 0 saturated carbocycles. The third-order valence-corrected chi connectivity index (χ3v) is 4.85. The highest BCUT2D eigenvalue weighted by Gasteiger charge is 2.26. The highest BCUT2D eigenvalue weighted by Crippen LogP contribution is 2.35. The minimum Gasteiger partial charge on any atom is -0.508 e. The van der Waals surface area contributed by atoms with E-state index in [-0.39, 0.29) is 5.75 Å². The Morgan fingerprint density at radius 1 is 1.17 bits per heavy atom. The SMILES string of the molecule is COc1ccc(CSC(c2ccc(O)cc2)[C@@H](N)C(=O)O)cc1. The minimum absolute atomic E-state index is 0.136. The van der Waals surface area contributed by atoms with E-state index in [0.717, 1.165) is 16.9 Å². The lowest BCUT2D eigenvalue weighted by atomic mass is 10.1. The molecule has 0 amide bonds. The molecule has 1 unspecified atom stereocenters. The monoisotopic (exact) mass is 333 g/mol. The van der Waals surface area contributed by atoms with Gasteiger partial charge in [0.1, 0.15) is 17.5 Å². The summed E-state index contributed by atoms with van der Waals surface area (Å²) in [4.78, 5) is 11.3. The number of benzene rings is 2. The molecule has 2 atom stereocenters. The van der Waals surface area contributed by atoms with E-state index in [4.69, 9.17) is 10.5 Å². The largest absolute Gasteiger partial charge is 0.508 e. The van der Waals surface area contributed by atoms with Gasteiger partial charge in [0.05, 0.1) is 12.4 Å². The molecular weight excluding hydrogens is 314 g/mol. The van der Waals surface area contributed by atoms with E-state index in [9.17, 15) is 15.0 Å². The number of carboxylic acids is 1. The van der Waals surface area contributed by atoms with Gasteiger partial charge in [-0.15, -0.1) is 11.8 Å². The molecular formula is C17H19NO4S. The quantitative estimate of drug-likeness (QED) is 0.721. The molecule has 0 spiro atoms. The maximum atomic E-state index is 11.3. The van der Waals surface area contributed by atoms with Gasteiger partial charge in [-0.1, -0.05) is 24.3 Å². The van der Waals surface area contributed by atoms with Crippen molar-refractivity contribution in [2.75, 3.05) is 7.11 Å². The number of aromatic hydroxyl groups is 1. The van der Waals surface area contributed by atoms with Gasteiger partial charge in [0.2, 0.25) is 0 Å². The van der Waals surface area contributed by atoms with Gasteiger partial charge in [-0.25, -0.2) is 0 Å². The molecule has 0 aliphatic carbocycles. The second-order valence-electron chi connectivity index (χ2n) is 5.04. The molecule has 5 nitrogen and oxygen atoms in total. The Bertz CT molecular complexity index is 643. The molecule has 23 heavy (non-hydrogen) atoms. The Kier molecular flexibility index (Phi) is 5.90. The second kappa shape index (κ2) is 7.89. The summed E-state index contributed by atoms with van der Waals surface area (Å²) in [6, 6.07) is 13.0. The number of rotatable bonds is 7. The molecule has 0 aromatic heterocycles. The predicted octanol–water partition coefficient (Wildman–Crippen LogP) is 2.79. The highest BCUT2D eigenvalue weighted by molar-refractivity contribution is 7.98. The van der Waals surface area contributed by atoms with Gasteiger partial charge >= 0.3 is 5.97 Å². The van der Waals surface area contributed by atoms with Crippen LogP contribution in [0.2, 0.25) is 0 Å². The lowest BCUT2D eigenvalue weighted by Gasteiger charge is -2.21. The van der Waals surface area contributed by atoms with Crippen molar-refractivity contribution in [1.29, 1.82) is 0 Å². The number of carbonyl (C=O) groups is 1. The van der Waals surface area contributed by atoms with Crippen molar-refractivity contribution >= 4 is 17.7 Å². The predicted molar refractivity (Wildman–Crippen MR) is 90.7 cm³/mol. The standard InChI is InChI=1S/C17H19NO4S/c1-22-14-8-2-11(3-9-14)10-23-16(15(18)17(20)21)12-4-6-13(19)7-5-12/h2-9,15-16,19H,10,18H2,1H3,(H,20,21)/t15-,16?/m1/s1. The molecule has 4 N–H and O–H groups in total. The van der Waals surface area contributed by atoms with Crippen LogP contribution in [0.15, 0.2) is 48.5 Å². The topological polar surface area (TPSA) is 92.8 Å². The van der Waals surface area contributed by atoms with Crippen molar-refractivity contribution in [3.05, 3.63) is 59.7 Å². The zero-order valence-corrected chi connectivity index (χ0v) is 13.5. The van der Waals surface area contributed by atoms with Crippen LogP contribution in [0.4, 0.5) is 0 Å². The summed E-state index contributed by atoms with van der Waals surface area (Å²) in [5, 5.41) is 18.2. The number of thioether (sulfide) groups is 1. The first-order chi connectivity index (χ1) is 11.0. The summed E-state index contributed by atoms with van der Waals surface area (Å²) in [6.45, 7) is 0. The Labute approximate surface area is 139 Å². The normalized spacial score (nSPS) is 13.3. The van der Waals surface area contributed by atoms with Crippen LogP contribution in [0.3, 0.4) is 0 Å². The van der Waals surface area contributed by atoms with Crippen LogP contribution in [0.5, 0.6) is 11.5 Å². The summed E-state index contributed by atoms with van der Waals surface area (Å²) >= 11 is 1.46. The van der Waals surface area contributed by atoms with Crippen molar-refractivity contribution < 1.29 is 19.7 Å². The highest BCUT2D eigenvalue weighted by atomic mass is 32.2. The molecule has 2 aromatic rings. The number of phenols is 1. The summed E-state index contributed by atoms with van der Waals surface area (Å²) in [5.41, 5.74) is 7.66. The van der Waals surface area contributed by atoms with Crippen molar-refractivity contribution in [2.24, 2.45) is 5.73 Å². The lowest BCUT2D eigenvalue weighted by Crippen LogP contribution is -2.35. The molecule has 6 heteroatoms. The van der Waals surface area contributed by atoms with E-state index >= 15 is 0 Å². The Morgan fingerprint density at radius 3 is 2.30 bits per heavy atom. The van der Waals surface area contributed by atoms with Crippen LogP contribution >= 0.6 is 11.8 Å². The molecule has 0 bridgehead atoms. The number of aliphatic carboxylic acids is 1. The zero-order valence-electron chi connectivity index (χ0n) is 12.7. The molecule has 122 valence electrons. The Balaban J connectivity index is 2.13. The number of phenolic OH excluding ortho intramolecular Hbond substituents is 1. The van der Waals surface area contributed by atoms with Gasteiger partial charge in [-0.2, -0.15) is 0 Å². The maximum Gasteiger partial charge on any atom is 0.321 e. The van der Waals surface area contributed by atoms with Gasteiger partial charge in [-0.05, 0) is 35.4 Å². The van der Waals surface area contributed by atoms with Gasteiger partial charge in [0, 0.05) is 5.75 Å². The van der Waals surface area contributed by atoms with Crippen LogP contribution in [-0.4, -0.2) is 29.3 Å². The molecule has 2 rings (SSSR count). The van der Waals surface area contributed by atoms with Crippen LogP contribution in [0, 0.1) is 0 Å². The van der Waals surface area contributed by atoms with Crippen molar-refractivity contribution in [3.8, 4) is 11.5 Å². The van der Waals surface area contributed by atoms with Crippen LogP contribution in [0.25, 0.3) is 0 Å². The molecule has 0 radical (unpaired) electrons. The van der Waals surface area contributed by atoms with Crippen molar-refractivity contribution in [2.45, 2.75) is 17.0 Å². The third-order valence-electron chi connectivity index (χ3n) is 3.42. The molecule has 2 aromatic carbocycles. The fourth-order valence-corrected chi connectivity index (χ4v) is 3.35. The molecule has 0 aliphatic rings. The van der Waals surface area contributed by atoms with Crippen LogP contribution in [0.1, 0.15) is 16.4 Å². The average molecular weight is 333 g/mol. The van der Waals surface area contributed by atoms with Crippen LogP contribution < -0.4 is 10.5 Å². The third kappa shape index (κ3) is 4.64.